The summed E-state index contributed by atoms with van der Waals surface area (Å²) in [4.78, 5) is 11.7. The van der Waals surface area contributed by atoms with Crippen molar-refractivity contribution < 1.29 is 13.9 Å². The fraction of sp³-hybridized carbons (Fsp3) is 0.176. The van der Waals surface area contributed by atoms with Crippen LogP contribution in [0.15, 0.2) is 53.6 Å². The van der Waals surface area contributed by atoms with Crippen molar-refractivity contribution in [2.75, 3.05) is 6.61 Å². The van der Waals surface area contributed by atoms with Gasteiger partial charge in [0.05, 0.1) is 5.71 Å². The molecule has 0 atom stereocenters. The number of hydrogen-bond acceptors (Lipinski definition) is 3. The molecule has 0 aromatic heterocycles. The Kier molecular flexibility index (Phi) is 5.25. The highest BCUT2D eigenvalue weighted by atomic mass is 19.1. The summed E-state index contributed by atoms with van der Waals surface area (Å²) in [5.41, 5.74) is 4.85. The minimum Gasteiger partial charge on any atom is -0.484 e. The number of nitrogens with one attached hydrogen (secondary N) is 1. The van der Waals surface area contributed by atoms with Gasteiger partial charge in [-0.15, -0.1) is 0 Å². The Morgan fingerprint density at radius 2 is 1.77 bits per heavy atom. The van der Waals surface area contributed by atoms with E-state index in [0.29, 0.717) is 11.5 Å². The molecule has 0 radical (unpaired) electrons. The lowest BCUT2D eigenvalue weighted by atomic mass is 10.1. The van der Waals surface area contributed by atoms with Crippen molar-refractivity contribution in [3.05, 3.63) is 65.5 Å². The average Bonchev–Trinajstić information content (AvgIpc) is 2.52. The first-order valence-corrected chi connectivity index (χ1v) is 6.83. The Labute approximate surface area is 128 Å². The van der Waals surface area contributed by atoms with E-state index >= 15 is 0 Å². The Morgan fingerprint density at radius 3 is 2.41 bits per heavy atom. The van der Waals surface area contributed by atoms with Crippen LogP contribution in [0.1, 0.15) is 18.1 Å². The van der Waals surface area contributed by atoms with Gasteiger partial charge in [-0.3, -0.25) is 4.79 Å². The molecule has 0 saturated carbocycles. The lowest BCUT2D eigenvalue weighted by molar-refractivity contribution is -0.123. The molecule has 0 saturated heterocycles. The number of aryl methyl sites for hydroxylation is 1. The van der Waals surface area contributed by atoms with Crippen LogP contribution in [-0.2, 0) is 4.79 Å². The van der Waals surface area contributed by atoms with Gasteiger partial charge in [-0.1, -0.05) is 29.8 Å². The summed E-state index contributed by atoms with van der Waals surface area (Å²) in [5.74, 6) is -0.0471. The van der Waals surface area contributed by atoms with E-state index in [4.69, 9.17) is 4.74 Å². The van der Waals surface area contributed by atoms with Gasteiger partial charge in [-0.2, -0.15) is 5.10 Å². The second-order valence-corrected chi connectivity index (χ2v) is 4.84. The van der Waals surface area contributed by atoms with Gasteiger partial charge in [0.25, 0.3) is 5.91 Å². The number of rotatable bonds is 5. The van der Waals surface area contributed by atoms with E-state index < -0.39 is 0 Å². The molecule has 2 rings (SSSR count). The monoisotopic (exact) mass is 300 g/mol. The van der Waals surface area contributed by atoms with Crippen LogP contribution in [0.4, 0.5) is 4.39 Å². The molecule has 0 aliphatic carbocycles. The maximum absolute atomic E-state index is 12.8. The van der Waals surface area contributed by atoms with Gasteiger partial charge in [-0.25, -0.2) is 9.82 Å². The number of benzene rings is 2. The SMILES string of the molecule is CC(=NNC(=O)COc1ccc(C)cc1)c1ccc(F)cc1. The van der Waals surface area contributed by atoms with Crippen molar-refractivity contribution in [2.24, 2.45) is 5.10 Å². The molecule has 2 aromatic carbocycles. The standard InChI is InChI=1S/C17H17FN2O2/c1-12-3-9-16(10-4-12)22-11-17(21)20-19-13(2)14-5-7-15(18)8-6-14/h3-10H,11H2,1-2H3,(H,20,21). The van der Waals surface area contributed by atoms with Gasteiger partial charge in [-0.05, 0) is 43.7 Å². The normalized spacial score (nSPS) is 11.1. The van der Waals surface area contributed by atoms with E-state index in [9.17, 15) is 9.18 Å². The topological polar surface area (TPSA) is 50.7 Å². The first-order chi connectivity index (χ1) is 10.5. The number of ether oxygens (including phenoxy) is 1. The zero-order valence-corrected chi connectivity index (χ0v) is 12.5. The van der Waals surface area contributed by atoms with E-state index in [1.807, 2.05) is 19.1 Å². The predicted molar refractivity (Wildman–Crippen MR) is 83.4 cm³/mol. The molecule has 0 unspecified atom stereocenters. The molecule has 0 aliphatic heterocycles. The third-order valence-electron chi connectivity index (χ3n) is 3.00. The fourth-order valence-corrected chi connectivity index (χ4v) is 1.72. The summed E-state index contributed by atoms with van der Waals surface area (Å²) >= 11 is 0. The van der Waals surface area contributed by atoms with Crippen molar-refractivity contribution in [1.29, 1.82) is 0 Å². The van der Waals surface area contributed by atoms with Crippen LogP contribution in [0.25, 0.3) is 0 Å². The molecule has 1 N–H and O–H groups in total. The van der Waals surface area contributed by atoms with Gasteiger partial charge >= 0.3 is 0 Å². The molecular weight excluding hydrogens is 283 g/mol. The molecule has 0 fully saturated rings. The Balaban J connectivity index is 1.85. The molecule has 0 spiro atoms. The number of carbonyl (C=O) groups is 1. The predicted octanol–water partition coefficient (Wildman–Crippen LogP) is 3.05. The Morgan fingerprint density at radius 1 is 1.14 bits per heavy atom. The summed E-state index contributed by atoms with van der Waals surface area (Å²) < 4.78 is 18.2. The number of carbonyl (C=O) groups excluding carboxylic acids is 1. The van der Waals surface area contributed by atoms with Gasteiger partial charge in [0.1, 0.15) is 11.6 Å². The lowest BCUT2D eigenvalue weighted by Gasteiger charge is -2.06. The van der Waals surface area contributed by atoms with Crippen molar-refractivity contribution >= 4 is 11.6 Å². The Hall–Kier alpha value is -2.69. The molecular formula is C17H17FN2O2. The molecule has 0 aliphatic rings. The van der Waals surface area contributed by atoms with E-state index in [0.717, 1.165) is 11.1 Å². The third-order valence-corrected chi connectivity index (χ3v) is 3.00. The number of amides is 1. The Bertz CT molecular complexity index is 664. The largest absolute Gasteiger partial charge is 0.484 e. The fourth-order valence-electron chi connectivity index (χ4n) is 1.72. The van der Waals surface area contributed by atoms with Crippen LogP contribution >= 0.6 is 0 Å². The highest BCUT2D eigenvalue weighted by Gasteiger charge is 2.03. The third kappa shape index (κ3) is 4.70. The van der Waals surface area contributed by atoms with E-state index in [2.05, 4.69) is 10.5 Å². The quantitative estimate of drug-likeness (QED) is 0.681. The van der Waals surface area contributed by atoms with E-state index in [-0.39, 0.29) is 18.3 Å². The van der Waals surface area contributed by atoms with Crippen LogP contribution in [0, 0.1) is 12.7 Å². The molecule has 0 heterocycles. The minimum atomic E-state index is -0.359. The molecule has 2 aromatic rings. The van der Waals surface area contributed by atoms with Crippen LogP contribution in [0.2, 0.25) is 0 Å². The zero-order chi connectivity index (χ0) is 15.9. The summed E-state index contributed by atoms with van der Waals surface area (Å²) in [5, 5.41) is 3.97. The van der Waals surface area contributed by atoms with Crippen molar-refractivity contribution in [2.45, 2.75) is 13.8 Å². The number of hydrazone groups is 1. The maximum atomic E-state index is 12.8. The first kappa shape index (κ1) is 15.7. The minimum absolute atomic E-state index is 0.122. The highest BCUT2D eigenvalue weighted by molar-refractivity contribution is 5.99. The van der Waals surface area contributed by atoms with E-state index in [1.165, 1.54) is 12.1 Å². The van der Waals surface area contributed by atoms with Gasteiger partial charge in [0.2, 0.25) is 0 Å². The molecule has 22 heavy (non-hydrogen) atoms. The summed E-state index contributed by atoms with van der Waals surface area (Å²) in [7, 11) is 0. The summed E-state index contributed by atoms with van der Waals surface area (Å²) in [6.07, 6.45) is 0. The first-order valence-electron chi connectivity index (χ1n) is 6.83. The molecule has 114 valence electrons. The molecule has 0 bridgehead atoms. The van der Waals surface area contributed by atoms with Crippen molar-refractivity contribution in [3.63, 3.8) is 0 Å². The molecule has 5 heteroatoms. The highest BCUT2D eigenvalue weighted by Crippen LogP contribution is 2.10. The lowest BCUT2D eigenvalue weighted by Crippen LogP contribution is -2.25. The smallest absolute Gasteiger partial charge is 0.277 e. The maximum Gasteiger partial charge on any atom is 0.277 e. The molecule has 1 amide bonds. The zero-order valence-electron chi connectivity index (χ0n) is 12.5. The van der Waals surface area contributed by atoms with Crippen molar-refractivity contribution in [3.8, 4) is 5.75 Å². The second kappa shape index (κ2) is 7.36. The van der Waals surface area contributed by atoms with E-state index in [1.54, 1.807) is 31.2 Å². The van der Waals surface area contributed by atoms with Gasteiger partial charge in [0.15, 0.2) is 6.61 Å². The average molecular weight is 300 g/mol. The van der Waals surface area contributed by atoms with Gasteiger partial charge < -0.3 is 4.74 Å². The van der Waals surface area contributed by atoms with Gasteiger partial charge in [0, 0.05) is 0 Å². The number of halogens is 1. The van der Waals surface area contributed by atoms with Crippen LogP contribution in [-0.4, -0.2) is 18.2 Å². The summed E-state index contributed by atoms with van der Waals surface area (Å²) in [6, 6.07) is 13.3. The van der Waals surface area contributed by atoms with Crippen molar-refractivity contribution in [1.82, 2.24) is 5.43 Å². The molecule has 4 nitrogen and oxygen atoms in total. The van der Waals surface area contributed by atoms with Crippen LogP contribution < -0.4 is 10.2 Å². The van der Waals surface area contributed by atoms with Crippen LogP contribution in [0.3, 0.4) is 0 Å². The number of hydrogen-bond donors (Lipinski definition) is 1. The number of nitrogens with zero attached hydrogens (tertiary/aromatic N) is 1. The van der Waals surface area contributed by atoms with Crippen LogP contribution in [0.5, 0.6) is 5.75 Å². The second-order valence-electron chi connectivity index (χ2n) is 4.84. The summed E-state index contributed by atoms with van der Waals surface area (Å²) in [6.45, 7) is 3.58.